The van der Waals surface area contributed by atoms with Gasteiger partial charge in [0, 0.05) is 37.3 Å². The highest BCUT2D eigenvalue weighted by molar-refractivity contribution is 5.80. The van der Waals surface area contributed by atoms with E-state index in [-0.39, 0.29) is 31.4 Å². The molecule has 142 valence electrons. The average Bonchev–Trinajstić information content (AvgIpc) is 3.17. The third-order valence-corrected chi connectivity index (χ3v) is 4.75. The van der Waals surface area contributed by atoms with Crippen molar-refractivity contribution in [2.75, 3.05) is 32.9 Å². The van der Waals surface area contributed by atoms with Crippen molar-refractivity contribution in [2.24, 2.45) is 11.3 Å². The molecule has 2 amide bonds. The van der Waals surface area contributed by atoms with E-state index in [1.807, 2.05) is 0 Å². The number of nitrogens with one attached hydrogen (secondary N) is 1. The van der Waals surface area contributed by atoms with Crippen LogP contribution in [0.3, 0.4) is 0 Å². The monoisotopic (exact) mass is 371 g/mol. The lowest BCUT2D eigenvalue weighted by molar-refractivity contribution is -0.149. The summed E-state index contributed by atoms with van der Waals surface area (Å²) >= 11 is 0. The fraction of sp³-hybridized carbons (Fsp3) is 0.562. The second-order valence-corrected chi connectivity index (χ2v) is 6.40. The minimum atomic E-state index is -2.61. The second kappa shape index (κ2) is 7.40. The summed E-state index contributed by atoms with van der Waals surface area (Å²) in [7, 11) is 0. The molecule has 0 radical (unpaired) electrons. The Labute approximate surface area is 148 Å². The van der Waals surface area contributed by atoms with Crippen molar-refractivity contribution in [3.8, 4) is 5.75 Å². The minimum Gasteiger partial charge on any atom is -0.486 e. The molecule has 0 unspecified atom stereocenters. The zero-order valence-electron chi connectivity index (χ0n) is 13.9. The Hall–Kier alpha value is -2.49. The molecule has 3 heterocycles. The van der Waals surface area contributed by atoms with E-state index in [1.54, 1.807) is 6.07 Å². The van der Waals surface area contributed by atoms with Crippen LogP contribution >= 0.6 is 0 Å². The number of fused-ring (bicyclic) bond motifs is 1. The van der Waals surface area contributed by atoms with Crippen molar-refractivity contribution in [2.45, 2.75) is 13.0 Å². The van der Waals surface area contributed by atoms with Crippen LogP contribution in [0.1, 0.15) is 5.56 Å². The Morgan fingerprint density at radius 2 is 2.35 bits per heavy atom. The van der Waals surface area contributed by atoms with E-state index in [1.165, 1.54) is 17.3 Å². The number of carboxylic acid groups (broad SMARTS) is 1. The molecular formula is C16H19F2N3O5. The molecule has 1 aromatic heterocycles. The Morgan fingerprint density at radius 1 is 1.54 bits per heavy atom. The van der Waals surface area contributed by atoms with Gasteiger partial charge in [-0.2, -0.15) is 0 Å². The number of aromatic nitrogens is 1. The number of alkyl halides is 2. The number of urea groups is 1. The standard InChI is InChI=1S/C16H19F2N3O5/c17-13(18)7-26-12-4-19-2-1-10(12)3-20-15(24)21-5-11-6-25-9-16(11,8-21)14(22)23/h1-2,4,11,13H,3,5-9H2,(H,20,24)(H,22,23)/t11-,16-/m1/s1. The van der Waals surface area contributed by atoms with Gasteiger partial charge in [0.25, 0.3) is 6.43 Å². The van der Waals surface area contributed by atoms with Gasteiger partial charge >= 0.3 is 12.0 Å². The van der Waals surface area contributed by atoms with E-state index in [0.717, 1.165) is 0 Å². The van der Waals surface area contributed by atoms with E-state index in [2.05, 4.69) is 10.3 Å². The summed E-state index contributed by atoms with van der Waals surface area (Å²) < 4.78 is 34.9. The maximum Gasteiger partial charge on any atom is 0.317 e. The van der Waals surface area contributed by atoms with Crippen LogP contribution in [0.4, 0.5) is 13.6 Å². The molecule has 2 aliphatic rings. The molecule has 0 spiro atoms. The first-order valence-corrected chi connectivity index (χ1v) is 8.10. The molecule has 1 aromatic rings. The minimum absolute atomic E-state index is 0.0532. The predicted octanol–water partition coefficient (Wildman–Crippen LogP) is 0.968. The largest absolute Gasteiger partial charge is 0.486 e. The van der Waals surface area contributed by atoms with Gasteiger partial charge in [-0.15, -0.1) is 0 Å². The van der Waals surface area contributed by atoms with Crippen molar-refractivity contribution in [3.05, 3.63) is 24.0 Å². The molecule has 0 bridgehead atoms. The highest BCUT2D eigenvalue weighted by Crippen LogP contribution is 2.41. The quantitative estimate of drug-likeness (QED) is 0.773. The van der Waals surface area contributed by atoms with Gasteiger partial charge in [0.1, 0.15) is 17.8 Å². The number of pyridine rings is 1. The maximum absolute atomic E-state index is 12.4. The van der Waals surface area contributed by atoms with Gasteiger partial charge in [-0.25, -0.2) is 13.6 Å². The molecule has 2 fully saturated rings. The van der Waals surface area contributed by atoms with E-state index in [4.69, 9.17) is 9.47 Å². The molecule has 3 rings (SSSR count). The number of rotatable bonds is 6. The molecule has 0 saturated carbocycles. The number of carboxylic acids is 1. The van der Waals surface area contributed by atoms with Crippen molar-refractivity contribution >= 4 is 12.0 Å². The van der Waals surface area contributed by atoms with Crippen molar-refractivity contribution in [3.63, 3.8) is 0 Å². The number of aliphatic carboxylic acids is 1. The Kier molecular flexibility index (Phi) is 5.21. The number of halogens is 2. The lowest BCUT2D eigenvalue weighted by atomic mass is 9.81. The topological polar surface area (TPSA) is 101 Å². The molecule has 8 nitrogen and oxygen atoms in total. The first kappa shape index (κ1) is 18.3. The first-order valence-electron chi connectivity index (χ1n) is 8.10. The highest BCUT2D eigenvalue weighted by atomic mass is 19.3. The summed E-state index contributed by atoms with van der Waals surface area (Å²) in [6.07, 6.45) is 0.158. The van der Waals surface area contributed by atoms with Gasteiger partial charge in [0.15, 0.2) is 0 Å². The van der Waals surface area contributed by atoms with E-state index < -0.39 is 30.4 Å². The number of carbonyl (C=O) groups is 2. The third-order valence-electron chi connectivity index (χ3n) is 4.75. The molecular weight excluding hydrogens is 352 g/mol. The fourth-order valence-electron chi connectivity index (χ4n) is 3.31. The Balaban J connectivity index is 1.59. The number of nitrogens with zero attached hydrogens (tertiary/aromatic N) is 2. The van der Waals surface area contributed by atoms with Crippen molar-refractivity contribution < 1.29 is 33.0 Å². The number of ether oxygens (including phenoxy) is 2. The smallest absolute Gasteiger partial charge is 0.317 e. The van der Waals surface area contributed by atoms with Crippen LogP contribution in [-0.2, 0) is 16.1 Å². The lowest BCUT2D eigenvalue weighted by Gasteiger charge is -2.22. The molecule has 2 atom stereocenters. The number of likely N-dealkylation sites (tertiary alicyclic amines) is 1. The summed E-state index contributed by atoms with van der Waals surface area (Å²) in [5.41, 5.74) is -0.552. The summed E-state index contributed by atoms with van der Waals surface area (Å²) in [4.78, 5) is 29.3. The van der Waals surface area contributed by atoms with Crippen LogP contribution in [-0.4, -0.2) is 66.3 Å². The maximum atomic E-state index is 12.4. The van der Waals surface area contributed by atoms with Gasteiger partial charge in [0.05, 0.1) is 19.4 Å². The molecule has 2 aliphatic heterocycles. The molecule has 0 aliphatic carbocycles. The van der Waals surface area contributed by atoms with Gasteiger partial charge < -0.3 is 24.8 Å². The molecule has 10 heteroatoms. The zero-order valence-corrected chi connectivity index (χ0v) is 13.9. The van der Waals surface area contributed by atoms with Crippen molar-refractivity contribution in [1.29, 1.82) is 0 Å². The summed E-state index contributed by atoms with van der Waals surface area (Å²) in [5.74, 6) is -1.04. The number of hydrogen-bond acceptors (Lipinski definition) is 5. The normalized spacial score (nSPS) is 24.6. The van der Waals surface area contributed by atoms with Crippen molar-refractivity contribution in [1.82, 2.24) is 15.2 Å². The van der Waals surface area contributed by atoms with Crippen LogP contribution in [0.5, 0.6) is 5.75 Å². The van der Waals surface area contributed by atoms with E-state index in [9.17, 15) is 23.5 Å². The predicted molar refractivity (Wildman–Crippen MR) is 83.9 cm³/mol. The Morgan fingerprint density at radius 3 is 3.04 bits per heavy atom. The molecule has 2 saturated heterocycles. The van der Waals surface area contributed by atoms with Crippen LogP contribution in [0.2, 0.25) is 0 Å². The third kappa shape index (κ3) is 3.55. The number of carbonyl (C=O) groups excluding carboxylic acids is 1. The first-order chi connectivity index (χ1) is 12.4. The number of hydrogen-bond donors (Lipinski definition) is 2. The molecule has 2 N–H and O–H groups in total. The fourth-order valence-corrected chi connectivity index (χ4v) is 3.31. The van der Waals surface area contributed by atoms with Gasteiger partial charge in [-0.3, -0.25) is 9.78 Å². The van der Waals surface area contributed by atoms with E-state index in [0.29, 0.717) is 18.7 Å². The van der Waals surface area contributed by atoms with Gasteiger partial charge in [-0.05, 0) is 6.07 Å². The highest BCUT2D eigenvalue weighted by Gasteiger charge is 2.57. The zero-order chi connectivity index (χ0) is 18.7. The number of amides is 2. The SMILES string of the molecule is O=C(NCc1ccncc1OCC(F)F)N1C[C@@H]2COC[C@]2(C(=O)O)C1. The van der Waals surface area contributed by atoms with Crippen LogP contribution in [0.25, 0.3) is 0 Å². The molecule has 26 heavy (non-hydrogen) atoms. The van der Waals surface area contributed by atoms with Crippen LogP contribution in [0, 0.1) is 11.3 Å². The summed E-state index contributed by atoms with van der Waals surface area (Å²) in [5, 5.41) is 12.2. The average molecular weight is 371 g/mol. The van der Waals surface area contributed by atoms with Crippen LogP contribution < -0.4 is 10.1 Å². The lowest BCUT2D eigenvalue weighted by Crippen LogP contribution is -2.42. The summed E-state index contributed by atoms with van der Waals surface area (Å²) in [6, 6.07) is 1.14. The molecule has 0 aromatic carbocycles. The van der Waals surface area contributed by atoms with Gasteiger partial charge in [0.2, 0.25) is 0 Å². The van der Waals surface area contributed by atoms with Crippen LogP contribution in [0.15, 0.2) is 18.5 Å². The van der Waals surface area contributed by atoms with Gasteiger partial charge in [-0.1, -0.05) is 0 Å². The second-order valence-electron chi connectivity index (χ2n) is 6.40. The van der Waals surface area contributed by atoms with E-state index >= 15 is 0 Å². The Bertz CT molecular complexity index is 690. The summed E-state index contributed by atoms with van der Waals surface area (Å²) in [6.45, 7) is 0.0607.